The van der Waals surface area contributed by atoms with E-state index < -0.39 is 28.2 Å². The molecule has 0 bridgehead atoms. The highest BCUT2D eigenvalue weighted by Gasteiger charge is 2.22. The maximum atomic E-state index is 14.7. The largest absolute Gasteiger partial charge is 0.478 e. The molecule has 0 spiro atoms. The van der Waals surface area contributed by atoms with Gasteiger partial charge in [0.2, 0.25) is 5.82 Å². The highest BCUT2D eigenvalue weighted by atomic mass is 19.1. The Balaban J connectivity index is 1.78. The van der Waals surface area contributed by atoms with E-state index in [2.05, 4.69) is 20.4 Å². The third kappa shape index (κ3) is 3.49. The molecule has 4 rings (SSSR count). The summed E-state index contributed by atoms with van der Waals surface area (Å²) in [4.78, 5) is 42.6. The number of anilines is 1. The Morgan fingerprint density at radius 1 is 1.19 bits per heavy atom. The van der Waals surface area contributed by atoms with Crippen molar-refractivity contribution < 1.29 is 24.0 Å². The normalized spacial score (nSPS) is 10.8. The number of halogens is 1. The summed E-state index contributed by atoms with van der Waals surface area (Å²) in [6, 6.07) is 8.22. The molecule has 32 heavy (non-hydrogen) atoms. The monoisotopic (exact) mass is 436 g/mol. The maximum Gasteiger partial charge on any atom is 0.338 e. The number of rotatable bonds is 5. The first-order valence-electron chi connectivity index (χ1n) is 9.06. The Labute approximate surface area is 178 Å². The summed E-state index contributed by atoms with van der Waals surface area (Å²) < 4.78 is 15.7. The second kappa shape index (κ2) is 7.83. The van der Waals surface area contributed by atoms with Gasteiger partial charge in [0.25, 0.3) is 5.91 Å². The lowest BCUT2D eigenvalue weighted by atomic mass is 10.1. The lowest BCUT2D eigenvalue weighted by molar-refractivity contribution is -0.384. The van der Waals surface area contributed by atoms with Crippen LogP contribution in [0.5, 0.6) is 0 Å². The second-order valence-corrected chi connectivity index (χ2v) is 6.63. The highest BCUT2D eigenvalue weighted by Crippen LogP contribution is 2.26. The van der Waals surface area contributed by atoms with Crippen molar-refractivity contribution in [3.05, 3.63) is 81.5 Å². The number of nitrogens with zero attached hydrogens (tertiary/aromatic N) is 5. The molecule has 4 aromatic rings. The van der Waals surface area contributed by atoms with Gasteiger partial charge in [0, 0.05) is 23.3 Å². The number of carbonyl (C=O) groups is 2. The zero-order chi connectivity index (χ0) is 23.0. The molecule has 0 aliphatic carbocycles. The molecular formula is C20H13FN6O5. The molecule has 0 radical (unpaired) electrons. The van der Waals surface area contributed by atoms with Crippen LogP contribution in [0.15, 0.2) is 48.8 Å². The molecule has 3 aromatic heterocycles. The molecule has 0 fully saturated rings. The number of nitro groups is 1. The van der Waals surface area contributed by atoms with Crippen LogP contribution in [0, 0.1) is 22.9 Å². The van der Waals surface area contributed by atoms with Crippen molar-refractivity contribution in [3.63, 3.8) is 0 Å². The van der Waals surface area contributed by atoms with Gasteiger partial charge in [-0.2, -0.15) is 5.10 Å². The van der Waals surface area contributed by atoms with Crippen LogP contribution in [-0.2, 0) is 0 Å². The van der Waals surface area contributed by atoms with Crippen molar-refractivity contribution in [1.29, 1.82) is 0 Å². The van der Waals surface area contributed by atoms with Crippen molar-refractivity contribution in [1.82, 2.24) is 19.7 Å². The van der Waals surface area contributed by atoms with Crippen molar-refractivity contribution in [2.45, 2.75) is 6.92 Å². The minimum absolute atomic E-state index is 0.0983. The van der Waals surface area contributed by atoms with E-state index in [1.54, 1.807) is 13.0 Å². The van der Waals surface area contributed by atoms with Gasteiger partial charge >= 0.3 is 11.7 Å². The summed E-state index contributed by atoms with van der Waals surface area (Å²) in [5.41, 5.74) is -0.106. The number of nitrogens with one attached hydrogen (secondary N) is 1. The number of aryl methyl sites for hydroxylation is 1. The molecule has 160 valence electrons. The van der Waals surface area contributed by atoms with Crippen molar-refractivity contribution >= 4 is 34.3 Å². The number of pyridine rings is 2. The Morgan fingerprint density at radius 2 is 1.97 bits per heavy atom. The zero-order valence-corrected chi connectivity index (χ0v) is 16.3. The average molecular weight is 436 g/mol. The molecule has 0 aliphatic rings. The first-order chi connectivity index (χ1) is 15.3. The first kappa shape index (κ1) is 20.5. The minimum Gasteiger partial charge on any atom is -0.478 e. The molecule has 0 atom stereocenters. The quantitative estimate of drug-likeness (QED) is 0.357. The van der Waals surface area contributed by atoms with Gasteiger partial charge < -0.3 is 10.4 Å². The molecule has 0 aliphatic heterocycles. The second-order valence-electron chi connectivity index (χ2n) is 6.63. The van der Waals surface area contributed by atoms with Gasteiger partial charge in [-0.1, -0.05) is 6.07 Å². The topological polar surface area (TPSA) is 153 Å². The Morgan fingerprint density at radius 3 is 2.69 bits per heavy atom. The standard InChI is InChI=1S/C20H13FN6O5/c1-10-5-6-15(27(31)32)17(24-10)25-19(28)11-3-2-4-14-13(11)9-23-26(14)18-16(21)12(20(29)30)7-8-22-18/h2-9H,1H3,(H,29,30)(H,24,25,28). The lowest BCUT2D eigenvalue weighted by Gasteiger charge is -2.08. The van der Waals surface area contributed by atoms with Crippen LogP contribution in [-0.4, -0.2) is 41.7 Å². The number of aromatic carboxylic acids is 1. The maximum absolute atomic E-state index is 14.7. The molecule has 0 saturated heterocycles. The van der Waals surface area contributed by atoms with Crippen molar-refractivity contribution in [2.24, 2.45) is 0 Å². The number of amides is 1. The Kier molecular flexibility index (Phi) is 5.02. The Hall–Kier alpha value is -4.74. The predicted molar refractivity (Wildman–Crippen MR) is 109 cm³/mol. The number of aromatic nitrogens is 4. The average Bonchev–Trinajstić information content (AvgIpc) is 3.17. The number of hydrogen-bond donors (Lipinski definition) is 2. The zero-order valence-electron chi connectivity index (χ0n) is 16.3. The fourth-order valence-corrected chi connectivity index (χ4v) is 3.13. The summed E-state index contributed by atoms with van der Waals surface area (Å²) >= 11 is 0. The number of hydrogen-bond acceptors (Lipinski definition) is 7. The highest BCUT2D eigenvalue weighted by molar-refractivity contribution is 6.12. The molecule has 3 heterocycles. The van der Waals surface area contributed by atoms with E-state index in [9.17, 15) is 24.1 Å². The van der Waals surface area contributed by atoms with E-state index in [0.717, 1.165) is 16.9 Å². The van der Waals surface area contributed by atoms with Crippen molar-refractivity contribution in [3.8, 4) is 5.82 Å². The van der Waals surface area contributed by atoms with Crippen LogP contribution >= 0.6 is 0 Å². The van der Waals surface area contributed by atoms with Crippen LogP contribution in [0.3, 0.4) is 0 Å². The van der Waals surface area contributed by atoms with Gasteiger partial charge in [0.1, 0.15) is 5.56 Å². The SMILES string of the molecule is Cc1ccc([N+](=O)[O-])c(NC(=O)c2cccc3c2cnn3-c2nccc(C(=O)O)c2F)n1. The fourth-order valence-electron chi connectivity index (χ4n) is 3.13. The number of benzene rings is 1. The minimum atomic E-state index is -1.46. The number of fused-ring (bicyclic) bond motifs is 1. The summed E-state index contributed by atoms with van der Waals surface area (Å²) in [7, 11) is 0. The molecule has 0 unspecified atom stereocenters. The lowest BCUT2D eigenvalue weighted by Crippen LogP contribution is -2.15. The van der Waals surface area contributed by atoms with Gasteiger partial charge in [-0.25, -0.2) is 23.8 Å². The molecule has 12 heteroatoms. The predicted octanol–water partition coefficient (Wildman–Crippen LogP) is 3.12. The third-order valence-corrected chi connectivity index (χ3v) is 4.60. The molecule has 1 amide bonds. The molecule has 1 aromatic carbocycles. The van der Waals surface area contributed by atoms with Crippen molar-refractivity contribution in [2.75, 3.05) is 5.32 Å². The van der Waals surface area contributed by atoms with Gasteiger partial charge in [-0.3, -0.25) is 14.9 Å². The molecule has 0 saturated carbocycles. The van der Waals surface area contributed by atoms with E-state index in [1.807, 2.05) is 0 Å². The van der Waals surface area contributed by atoms with E-state index in [1.165, 1.54) is 30.5 Å². The van der Waals surface area contributed by atoms with Crippen LogP contribution in [0.25, 0.3) is 16.7 Å². The van der Waals surface area contributed by atoms with Crippen LogP contribution < -0.4 is 5.32 Å². The molecule has 11 nitrogen and oxygen atoms in total. The number of carboxylic acid groups (broad SMARTS) is 1. The van der Waals surface area contributed by atoms with Gasteiger partial charge in [0.05, 0.1) is 22.2 Å². The number of carbonyl (C=O) groups excluding carboxylic acids is 1. The summed E-state index contributed by atoms with van der Waals surface area (Å²) in [5, 5.41) is 27.2. The van der Waals surface area contributed by atoms with Gasteiger partial charge in [0.15, 0.2) is 11.6 Å². The van der Waals surface area contributed by atoms with Gasteiger partial charge in [-0.05, 0) is 31.2 Å². The summed E-state index contributed by atoms with van der Waals surface area (Å²) in [5.74, 6) is -3.81. The van der Waals surface area contributed by atoms with E-state index in [0.29, 0.717) is 11.1 Å². The van der Waals surface area contributed by atoms with Crippen LogP contribution in [0.4, 0.5) is 15.9 Å². The molecule has 2 N–H and O–H groups in total. The van der Waals surface area contributed by atoms with E-state index in [-0.39, 0.29) is 28.4 Å². The summed E-state index contributed by atoms with van der Waals surface area (Å²) in [6.45, 7) is 1.62. The van der Waals surface area contributed by atoms with E-state index in [4.69, 9.17) is 5.11 Å². The molecular weight excluding hydrogens is 423 g/mol. The number of carboxylic acids is 1. The Bertz CT molecular complexity index is 1420. The summed E-state index contributed by atoms with van der Waals surface area (Å²) in [6.07, 6.45) is 2.42. The third-order valence-electron chi connectivity index (χ3n) is 4.60. The fraction of sp³-hybridized carbons (Fsp3) is 0.0500. The van der Waals surface area contributed by atoms with Crippen LogP contribution in [0.1, 0.15) is 26.4 Å². The van der Waals surface area contributed by atoms with Gasteiger partial charge in [-0.15, -0.1) is 0 Å². The van der Waals surface area contributed by atoms with E-state index >= 15 is 0 Å². The smallest absolute Gasteiger partial charge is 0.338 e. The first-order valence-corrected chi connectivity index (χ1v) is 9.06. The van der Waals surface area contributed by atoms with Crippen LogP contribution in [0.2, 0.25) is 0 Å².